The van der Waals surface area contributed by atoms with E-state index >= 15 is 0 Å². The van der Waals surface area contributed by atoms with E-state index < -0.39 is 14.3 Å². The number of benzene rings is 1. The first-order valence-electron chi connectivity index (χ1n) is 4.67. The third-order valence-electron chi connectivity index (χ3n) is 2.55. The van der Waals surface area contributed by atoms with Gasteiger partial charge in [0.2, 0.25) is 9.05 Å². The van der Waals surface area contributed by atoms with Gasteiger partial charge in [0.15, 0.2) is 0 Å². The molecule has 0 N–H and O–H groups in total. The van der Waals surface area contributed by atoms with Gasteiger partial charge in [-0.15, -0.1) is 0 Å². The zero-order valence-electron chi connectivity index (χ0n) is 7.86. The molecule has 82 valence electrons. The van der Waals surface area contributed by atoms with E-state index in [1.165, 1.54) is 0 Å². The maximum atomic E-state index is 11.4. The summed E-state index contributed by atoms with van der Waals surface area (Å²) in [6, 6.07) is 6.83. The van der Waals surface area contributed by atoms with Crippen molar-refractivity contribution >= 4 is 31.3 Å². The molecule has 1 aliphatic carbocycles. The monoisotopic (exact) mass is 264 g/mol. The van der Waals surface area contributed by atoms with Crippen molar-refractivity contribution in [3.8, 4) is 0 Å². The van der Waals surface area contributed by atoms with Crippen LogP contribution in [0.1, 0.15) is 23.7 Å². The maximum Gasteiger partial charge on any atom is 0.239 e. The Balaban J connectivity index is 2.37. The predicted molar refractivity (Wildman–Crippen MR) is 61.7 cm³/mol. The van der Waals surface area contributed by atoms with Crippen molar-refractivity contribution in [3.05, 3.63) is 34.9 Å². The van der Waals surface area contributed by atoms with Crippen LogP contribution in [0.5, 0.6) is 0 Å². The average molecular weight is 265 g/mol. The Hall–Kier alpha value is -0.250. The van der Waals surface area contributed by atoms with Gasteiger partial charge < -0.3 is 0 Å². The summed E-state index contributed by atoms with van der Waals surface area (Å²) in [6.07, 6.45) is 1.86. The van der Waals surface area contributed by atoms with Gasteiger partial charge in [0.05, 0.1) is 0 Å². The molecule has 1 aromatic carbocycles. The minimum Gasteiger partial charge on any atom is -0.212 e. The van der Waals surface area contributed by atoms with Gasteiger partial charge in [-0.25, -0.2) is 8.42 Å². The van der Waals surface area contributed by atoms with Crippen molar-refractivity contribution in [2.45, 2.75) is 18.1 Å². The summed E-state index contributed by atoms with van der Waals surface area (Å²) in [5, 5.41) is 0.0247. The third kappa shape index (κ3) is 2.65. The molecule has 1 unspecified atom stereocenters. The topological polar surface area (TPSA) is 34.1 Å². The Morgan fingerprint density at radius 1 is 1.20 bits per heavy atom. The van der Waals surface area contributed by atoms with Gasteiger partial charge in [-0.05, 0) is 36.5 Å². The van der Waals surface area contributed by atoms with Gasteiger partial charge in [0, 0.05) is 15.7 Å². The van der Waals surface area contributed by atoms with Crippen LogP contribution in [-0.2, 0) is 9.05 Å². The summed E-state index contributed by atoms with van der Waals surface area (Å²) in [4.78, 5) is 0. The summed E-state index contributed by atoms with van der Waals surface area (Å²) in [5.41, 5.74) is 0.733. The maximum absolute atomic E-state index is 11.4. The lowest BCUT2D eigenvalue weighted by Gasteiger charge is -2.12. The minimum atomic E-state index is -3.54. The van der Waals surface area contributed by atoms with Crippen molar-refractivity contribution in [1.29, 1.82) is 0 Å². The normalized spacial score (nSPS) is 18.8. The molecule has 1 saturated carbocycles. The van der Waals surface area contributed by atoms with Crippen molar-refractivity contribution < 1.29 is 8.42 Å². The highest BCUT2D eigenvalue weighted by molar-refractivity contribution is 8.13. The van der Waals surface area contributed by atoms with Crippen molar-refractivity contribution in [2.75, 3.05) is 0 Å². The van der Waals surface area contributed by atoms with Gasteiger partial charge in [0.1, 0.15) is 5.25 Å². The van der Waals surface area contributed by atoms with E-state index in [1.54, 1.807) is 24.3 Å². The molecule has 0 amide bonds. The first-order valence-corrected chi connectivity index (χ1v) is 7.42. The molecule has 0 saturated heterocycles. The fourth-order valence-corrected chi connectivity index (χ4v) is 3.80. The van der Waals surface area contributed by atoms with Crippen LogP contribution in [0.25, 0.3) is 0 Å². The molecular formula is C10H10Cl2O2S. The second-order valence-electron chi connectivity index (χ2n) is 3.79. The number of halogens is 2. The largest absolute Gasteiger partial charge is 0.239 e. The Morgan fingerprint density at radius 3 is 2.13 bits per heavy atom. The summed E-state index contributed by atoms with van der Waals surface area (Å²) in [7, 11) is 1.91. The van der Waals surface area contributed by atoms with E-state index in [1.807, 2.05) is 0 Å². The van der Waals surface area contributed by atoms with E-state index in [4.69, 9.17) is 22.3 Å². The lowest BCUT2D eigenvalue weighted by Crippen LogP contribution is -2.09. The Labute approximate surface area is 98.6 Å². The Kier molecular flexibility index (Phi) is 2.97. The molecule has 2 nitrogen and oxygen atoms in total. The van der Waals surface area contributed by atoms with Crippen LogP contribution in [0.2, 0.25) is 5.02 Å². The van der Waals surface area contributed by atoms with Crippen molar-refractivity contribution in [3.63, 3.8) is 0 Å². The average Bonchev–Trinajstić information content (AvgIpc) is 2.90. The second kappa shape index (κ2) is 3.96. The quantitative estimate of drug-likeness (QED) is 0.785. The molecule has 1 aromatic rings. The third-order valence-corrected chi connectivity index (χ3v) is 4.64. The zero-order chi connectivity index (χ0) is 11.1. The molecule has 1 fully saturated rings. The van der Waals surface area contributed by atoms with Crippen LogP contribution < -0.4 is 0 Å². The van der Waals surface area contributed by atoms with Gasteiger partial charge >= 0.3 is 0 Å². The van der Waals surface area contributed by atoms with Crippen LogP contribution in [0, 0.1) is 5.92 Å². The van der Waals surface area contributed by atoms with E-state index in [2.05, 4.69) is 0 Å². The smallest absolute Gasteiger partial charge is 0.212 e. The molecule has 2 rings (SSSR count). The first-order chi connectivity index (χ1) is 6.98. The van der Waals surface area contributed by atoms with Crippen molar-refractivity contribution in [2.24, 2.45) is 5.92 Å². The first kappa shape index (κ1) is 11.2. The molecular weight excluding hydrogens is 255 g/mol. The molecule has 0 heterocycles. The molecule has 0 aliphatic heterocycles. The molecule has 0 bridgehead atoms. The molecule has 0 radical (unpaired) electrons. The predicted octanol–water partition coefficient (Wildman–Crippen LogP) is 3.36. The zero-order valence-corrected chi connectivity index (χ0v) is 10.2. The second-order valence-corrected chi connectivity index (χ2v) is 6.97. The van der Waals surface area contributed by atoms with E-state index in [0.29, 0.717) is 5.02 Å². The Bertz CT molecular complexity index is 449. The van der Waals surface area contributed by atoms with E-state index in [9.17, 15) is 8.42 Å². The number of hydrogen-bond acceptors (Lipinski definition) is 2. The highest BCUT2D eigenvalue weighted by Gasteiger charge is 2.40. The van der Waals surface area contributed by atoms with Gasteiger partial charge in [0.25, 0.3) is 0 Å². The minimum absolute atomic E-state index is 0.175. The molecule has 0 spiro atoms. The standard InChI is InChI=1S/C10H10Cl2O2S/c11-9-5-3-8(4-6-9)10(7-1-2-7)15(12,13)14/h3-7,10H,1-2H2. The molecule has 5 heteroatoms. The Morgan fingerprint density at radius 2 is 1.73 bits per heavy atom. The van der Waals surface area contributed by atoms with Crippen LogP contribution in [0.3, 0.4) is 0 Å². The van der Waals surface area contributed by atoms with Gasteiger partial charge in [-0.3, -0.25) is 0 Å². The lowest BCUT2D eigenvalue weighted by atomic mass is 10.1. The SMILES string of the molecule is O=S(=O)(Cl)C(c1ccc(Cl)cc1)C1CC1. The summed E-state index contributed by atoms with van der Waals surface area (Å²) >= 11 is 5.74. The number of hydrogen-bond donors (Lipinski definition) is 0. The highest BCUT2D eigenvalue weighted by atomic mass is 35.7. The summed E-state index contributed by atoms with van der Waals surface area (Å²) < 4.78 is 22.9. The molecule has 1 atom stereocenters. The van der Waals surface area contributed by atoms with Gasteiger partial charge in [-0.2, -0.15) is 0 Å². The molecule has 0 aromatic heterocycles. The summed E-state index contributed by atoms with van der Waals surface area (Å²) in [5.74, 6) is 0.175. The lowest BCUT2D eigenvalue weighted by molar-refractivity contribution is 0.586. The fraction of sp³-hybridized carbons (Fsp3) is 0.400. The van der Waals surface area contributed by atoms with Crippen LogP contribution in [0.15, 0.2) is 24.3 Å². The molecule has 15 heavy (non-hydrogen) atoms. The van der Waals surface area contributed by atoms with Crippen molar-refractivity contribution in [1.82, 2.24) is 0 Å². The highest BCUT2D eigenvalue weighted by Crippen LogP contribution is 2.47. The summed E-state index contributed by atoms with van der Waals surface area (Å²) in [6.45, 7) is 0. The van der Waals surface area contributed by atoms with E-state index in [-0.39, 0.29) is 5.92 Å². The van der Waals surface area contributed by atoms with Crippen LogP contribution in [-0.4, -0.2) is 8.42 Å². The number of rotatable bonds is 3. The fourth-order valence-electron chi connectivity index (χ4n) is 1.72. The van der Waals surface area contributed by atoms with Crippen LogP contribution >= 0.6 is 22.3 Å². The van der Waals surface area contributed by atoms with E-state index in [0.717, 1.165) is 18.4 Å². The molecule has 1 aliphatic rings. The van der Waals surface area contributed by atoms with Crippen LogP contribution in [0.4, 0.5) is 0 Å². The van der Waals surface area contributed by atoms with Gasteiger partial charge in [-0.1, -0.05) is 23.7 Å².